The third-order valence-corrected chi connectivity index (χ3v) is 5.66. The summed E-state index contributed by atoms with van der Waals surface area (Å²) in [5.74, 6) is -0.401. The van der Waals surface area contributed by atoms with Crippen molar-refractivity contribution in [2.24, 2.45) is 0 Å². The van der Waals surface area contributed by atoms with Crippen LogP contribution in [0.3, 0.4) is 0 Å². The van der Waals surface area contributed by atoms with Crippen molar-refractivity contribution < 1.29 is 4.39 Å². The number of aromatic nitrogens is 3. The Morgan fingerprint density at radius 2 is 1.67 bits per heavy atom. The van der Waals surface area contributed by atoms with Crippen LogP contribution in [0.1, 0.15) is 11.1 Å². The van der Waals surface area contributed by atoms with E-state index in [2.05, 4.69) is 4.98 Å². The molecule has 5 aromatic rings. The molecule has 2 heterocycles. The van der Waals surface area contributed by atoms with Gasteiger partial charge in [-0.3, -0.25) is 9.36 Å². The van der Waals surface area contributed by atoms with Gasteiger partial charge in [-0.1, -0.05) is 66.2 Å². The zero-order valence-corrected chi connectivity index (χ0v) is 16.7. The number of halogens is 2. The zero-order chi connectivity index (χ0) is 20.7. The molecule has 5 rings (SSSR count). The molecule has 0 unspecified atom stereocenters. The largest absolute Gasteiger partial charge is 0.330 e. The van der Waals surface area contributed by atoms with Crippen LogP contribution in [0.2, 0.25) is 5.02 Å². The summed E-state index contributed by atoms with van der Waals surface area (Å²) in [6.07, 6.45) is 1.57. The van der Waals surface area contributed by atoms with Gasteiger partial charge in [-0.05, 0) is 23.8 Å². The van der Waals surface area contributed by atoms with E-state index in [0.29, 0.717) is 28.2 Å². The monoisotopic (exact) mass is 417 g/mol. The van der Waals surface area contributed by atoms with Crippen molar-refractivity contribution in [2.45, 2.75) is 13.1 Å². The van der Waals surface area contributed by atoms with Gasteiger partial charge in [-0.25, -0.2) is 9.37 Å². The molecule has 0 saturated carbocycles. The summed E-state index contributed by atoms with van der Waals surface area (Å²) in [5.41, 5.74) is 3.03. The van der Waals surface area contributed by atoms with E-state index in [0.717, 1.165) is 16.5 Å². The Kier molecular flexibility index (Phi) is 4.60. The lowest BCUT2D eigenvalue weighted by atomic mass is 10.2. The normalized spacial score (nSPS) is 11.4. The van der Waals surface area contributed by atoms with E-state index in [4.69, 9.17) is 11.6 Å². The molecule has 0 spiro atoms. The molecule has 0 amide bonds. The highest BCUT2D eigenvalue weighted by Crippen LogP contribution is 2.28. The summed E-state index contributed by atoms with van der Waals surface area (Å²) in [6.45, 7) is 0.548. The van der Waals surface area contributed by atoms with E-state index in [9.17, 15) is 9.18 Å². The number of hydrogen-bond acceptors (Lipinski definition) is 2. The van der Waals surface area contributed by atoms with Gasteiger partial charge >= 0.3 is 0 Å². The molecule has 0 saturated heterocycles. The molecule has 6 heteroatoms. The molecule has 4 nitrogen and oxygen atoms in total. The lowest BCUT2D eigenvalue weighted by Gasteiger charge is -2.11. The average molecular weight is 418 g/mol. The molecule has 0 radical (unpaired) electrons. The smallest absolute Gasteiger partial charge is 0.278 e. The van der Waals surface area contributed by atoms with Crippen molar-refractivity contribution in [2.75, 3.05) is 0 Å². The van der Waals surface area contributed by atoms with Crippen molar-refractivity contribution in [1.29, 1.82) is 0 Å². The fourth-order valence-corrected chi connectivity index (χ4v) is 4.07. The molecule has 0 aliphatic heterocycles. The number of para-hydroxylation sites is 1. The van der Waals surface area contributed by atoms with E-state index in [1.165, 1.54) is 6.07 Å². The minimum Gasteiger partial charge on any atom is -0.330 e. The predicted octanol–water partition coefficient (Wildman–Crippen LogP) is 5.24. The molecule has 0 fully saturated rings. The second-order valence-electron chi connectivity index (χ2n) is 7.16. The molecular formula is C24H17ClFN3O. The maximum absolute atomic E-state index is 14.5. The summed E-state index contributed by atoms with van der Waals surface area (Å²) in [4.78, 5) is 18.0. The van der Waals surface area contributed by atoms with Gasteiger partial charge in [0, 0.05) is 16.0 Å². The van der Waals surface area contributed by atoms with Gasteiger partial charge in [-0.2, -0.15) is 0 Å². The molecule has 148 valence electrons. The Morgan fingerprint density at radius 1 is 0.900 bits per heavy atom. The molecule has 30 heavy (non-hydrogen) atoms. The summed E-state index contributed by atoms with van der Waals surface area (Å²) in [7, 11) is 0. The SMILES string of the molecule is O=c1c2c(ncn1Cc1ccccc1)c1ccccc1n2Cc1c(F)cccc1Cl. The number of nitrogens with zero attached hydrogens (tertiary/aromatic N) is 3. The summed E-state index contributed by atoms with van der Waals surface area (Å²) >= 11 is 6.27. The third-order valence-electron chi connectivity index (χ3n) is 5.31. The summed E-state index contributed by atoms with van der Waals surface area (Å²) < 4.78 is 17.9. The topological polar surface area (TPSA) is 39.8 Å². The molecule has 0 aliphatic rings. The van der Waals surface area contributed by atoms with Gasteiger partial charge in [0.1, 0.15) is 16.9 Å². The highest BCUT2D eigenvalue weighted by atomic mass is 35.5. The van der Waals surface area contributed by atoms with Crippen LogP contribution in [0.4, 0.5) is 4.39 Å². The van der Waals surface area contributed by atoms with Crippen LogP contribution in [0.25, 0.3) is 21.9 Å². The van der Waals surface area contributed by atoms with Crippen LogP contribution in [0, 0.1) is 5.82 Å². The standard InChI is InChI=1S/C24H17ClFN3O/c25-19-10-6-11-20(26)18(19)14-29-21-12-5-4-9-17(21)22-23(29)24(30)28(15-27-22)13-16-7-2-1-3-8-16/h1-12,15H,13-14H2. The van der Waals surface area contributed by atoms with E-state index in [1.54, 1.807) is 23.0 Å². The summed E-state index contributed by atoms with van der Waals surface area (Å²) in [6, 6.07) is 22.0. The van der Waals surface area contributed by atoms with Crippen molar-refractivity contribution in [3.63, 3.8) is 0 Å². The molecule has 3 aromatic carbocycles. The van der Waals surface area contributed by atoms with E-state index < -0.39 is 5.82 Å². The van der Waals surface area contributed by atoms with Crippen LogP contribution in [-0.4, -0.2) is 14.1 Å². The van der Waals surface area contributed by atoms with Gasteiger partial charge in [0.15, 0.2) is 0 Å². The summed E-state index contributed by atoms with van der Waals surface area (Å²) in [5, 5.41) is 1.18. The molecule has 0 N–H and O–H groups in total. The highest BCUT2D eigenvalue weighted by molar-refractivity contribution is 6.31. The molecule has 0 aliphatic carbocycles. The lowest BCUT2D eigenvalue weighted by Crippen LogP contribution is -2.23. The molecule has 0 atom stereocenters. The van der Waals surface area contributed by atoms with Crippen molar-refractivity contribution >= 4 is 33.5 Å². The Morgan fingerprint density at radius 3 is 2.47 bits per heavy atom. The molecular weight excluding hydrogens is 401 g/mol. The van der Waals surface area contributed by atoms with Gasteiger partial charge < -0.3 is 4.57 Å². The van der Waals surface area contributed by atoms with Gasteiger partial charge in [0.25, 0.3) is 5.56 Å². The number of fused-ring (bicyclic) bond motifs is 3. The van der Waals surface area contributed by atoms with E-state index >= 15 is 0 Å². The molecule has 0 bridgehead atoms. The third kappa shape index (κ3) is 3.08. The Hall–Kier alpha value is -3.44. The minimum absolute atomic E-state index is 0.141. The number of benzene rings is 3. The van der Waals surface area contributed by atoms with Crippen LogP contribution in [-0.2, 0) is 13.1 Å². The number of hydrogen-bond donors (Lipinski definition) is 0. The van der Waals surface area contributed by atoms with E-state index in [1.807, 2.05) is 59.2 Å². The quantitative estimate of drug-likeness (QED) is 0.401. The van der Waals surface area contributed by atoms with Crippen molar-refractivity contribution in [1.82, 2.24) is 14.1 Å². The molecule has 2 aromatic heterocycles. The first-order valence-corrected chi connectivity index (χ1v) is 9.94. The Labute approximate surface area is 176 Å². The second kappa shape index (κ2) is 7.43. The Bertz CT molecular complexity index is 1420. The predicted molar refractivity (Wildman–Crippen MR) is 118 cm³/mol. The maximum atomic E-state index is 14.5. The maximum Gasteiger partial charge on any atom is 0.278 e. The van der Waals surface area contributed by atoms with E-state index in [-0.39, 0.29) is 12.1 Å². The van der Waals surface area contributed by atoms with Crippen molar-refractivity contribution in [3.05, 3.63) is 111 Å². The minimum atomic E-state index is -0.401. The fourth-order valence-electron chi connectivity index (χ4n) is 3.85. The van der Waals surface area contributed by atoms with Crippen LogP contribution in [0.5, 0.6) is 0 Å². The van der Waals surface area contributed by atoms with Crippen LogP contribution in [0.15, 0.2) is 83.9 Å². The first-order valence-electron chi connectivity index (χ1n) is 9.56. The van der Waals surface area contributed by atoms with Crippen LogP contribution >= 0.6 is 11.6 Å². The van der Waals surface area contributed by atoms with Gasteiger partial charge in [-0.15, -0.1) is 0 Å². The van der Waals surface area contributed by atoms with Crippen molar-refractivity contribution in [3.8, 4) is 0 Å². The average Bonchev–Trinajstić information content (AvgIpc) is 3.08. The Balaban J connectivity index is 1.75. The first-order chi connectivity index (χ1) is 14.6. The zero-order valence-electron chi connectivity index (χ0n) is 15.9. The lowest BCUT2D eigenvalue weighted by molar-refractivity contribution is 0.603. The van der Waals surface area contributed by atoms with Gasteiger partial charge in [0.2, 0.25) is 0 Å². The fraction of sp³-hybridized carbons (Fsp3) is 0.0833. The first kappa shape index (κ1) is 18.6. The van der Waals surface area contributed by atoms with Gasteiger partial charge in [0.05, 0.1) is 24.9 Å². The van der Waals surface area contributed by atoms with Crippen LogP contribution < -0.4 is 5.56 Å². The second-order valence-corrected chi connectivity index (χ2v) is 7.57. The highest BCUT2D eigenvalue weighted by Gasteiger charge is 2.18. The number of rotatable bonds is 4.